The molecule has 0 bridgehead atoms. The van der Waals surface area contributed by atoms with Crippen LogP contribution in [0.2, 0.25) is 0 Å². The maximum Gasteiger partial charge on any atom is 0.338 e. The number of hydrogen-bond donors (Lipinski definition) is 2. The fourth-order valence-electron chi connectivity index (χ4n) is 1.66. The van der Waals surface area contributed by atoms with Crippen molar-refractivity contribution in [2.45, 2.75) is 25.9 Å². The highest BCUT2D eigenvalue weighted by Gasteiger charge is 2.09. The number of hydrogen-bond acceptors (Lipinski definition) is 4. The van der Waals surface area contributed by atoms with Crippen LogP contribution in [0.25, 0.3) is 0 Å². The summed E-state index contributed by atoms with van der Waals surface area (Å²) in [6, 6.07) is 6.02. The Balaban J connectivity index is 1.81. The topological polar surface area (TPSA) is 62.5 Å². The van der Waals surface area contributed by atoms with Crippen molar-refractivity contribution in [1.82, 2.24) is 5.32 Å². The molecule has 0 aliphatic rings. The highest BCUT2D eigenvalue weighted by atomic mass is 32.1. The lowest BCUT2D eigenvalue weighted by molar-refractivity contribution is 0.0696. The van der Waals surface area contributed by atoms with Gasteiger partial charge in [-0.2, -0.15) is 0 Å². The molecule has 18 heavy (non-hydrogen) atoms. The Labute approximate surface area is 109 Å². The second kappa shape index (κ2) is 5.84. The molecule has 2 heterocycles. The van der Waals surface area contributed by atoms with Crippen LogP contribution in [0.5, 0.6) is 0 Å². The molecule has 5 heteroatoms. The van der Waals surface area contributed by atoms with Crippen LogP contribution >= 0.6 is 11.3 Å². The van der Waals surface area contributed by atoms with Crippen molar-refractivity contribution in [3.63, 3.8) is 0 Å². The van der Waals surface area contributed by atoms with Crippen LogP contribution in [0.1, 0.15) is 27.9 Å². The van der Waals surface area contributed by atoms with Crippen molar-refractivity contribution in [1.29, 1.82) is 0 Å². The fourth-order valence-corrected chi connectivity index (χ4v) is 2.50. The summed E-state index contributed by atoms with van der Waals surface area (Å²) in [5.74, 6) is -0.318. The van der Waals surface area contributed by atoms with E-state index in [9.17, 15) is 4.79 Å². The first-order chi connectivity index (χ1) is 8.65. The number of thiophene rings is 1. The van der Waals surface area contributed by atoms with Crippen LogP contribution in [0, 0.1) is 0 Å². The van der Waals surface area contributed by atoms with Gasteiger partial charge in [-0.3, -0.25) is 0 Å². The summed E-state index contributed by atoms with van der Waals surface area (Å²) in [6.45, 7) is 2.64. The quantitative estimate of drug-likeness (QED) is 0.843. The molecule has 0 aromatic carbocycles. The molecule has 0 aliphatic heterocycles. The van der Waals surface area contributed by atoms with E-state index in [1.807, 2.05) is 6.07 Å². The van der Waals surface area contributed by atoms with E-state index in [0.29, 0.717) is 18.3 Å². The third-order valence-corrected chi connectivity index (χ3v) is 3.51. The van der Waals surface area contributed by atoms with Gasteiger partial charge in [-0.05, 0) is 30.9 Å². The van der Waals surface area contributed by atoms with Gasteiger partial charge < -0.3 is 14.8 Å². The van der Waals surface area contributed by atoms with Gasteiger partial charge in [0.2, 0.25) is 0 Å². The minimum Gasteiger partial charge on any atom is -0.478 e. The monoisotopic (exact) mass is 265 g/mol. The van der Waals surface area contributed by atoms with E-state index < -0.39 is 5.97 Å². The highest BCUT2D eigenvalue weighted by molar-refractivity contribution is 7.09. The van der Waals surface area contributed by atoms with E-state index >= 15 is 0 Å². The number of rotatable bonds is 6. The highest BCUT2D eigenvalue weighted by Crippen LogP contribution is 2.12. The summed E-state index contributed by atoms with van der Waals surface area (Å²) in [5.41, 5.74) is 0.192. The van der Waals surface area contributed by atoms with Crippen molar-refractivity contribution in [2.24, 2.45) is 0 Å². The Hall–Kier alpha value is -1.59. The van der Waals surface area contributed by atoms with Crippen LogP contribution in [0.4, 0.5) is 0 Å². The van der Waals surface area contributed by atoms with E-state index in [1.54, 1.807) is 17.4 Å². The van der Waals surface area contributed by atoms with E-state index in [4.69, 9.17) is 9.52 Å². The van der Waals surface area contributed by atoms with Gasteiger partial charge in [0.05, 0.1) is 12.1 Å². The largest absolute Gasteiger partial charge is 0.478 e. The molecular formula is C13H15NO3S. The molecule has 0 amide bonds. The Bertz CT molecular complexity index is 504. The molecule has 1 atom stereocenters. The zero-order valence-corrected chi connectivity index (χ0v) is 10.9. The molecule has 2 aromatic heterocycles. The normalized spacial score (nSPS) is 12.5. The molecule has 0 saturated heterocycles. The van der Waals surface area contributed by atoms with Crippen molar-refractivity contribution >= 4 is 17.3 Å². The molecule has 2 N–H and O–H groups in total. The lowest BCUT2D eigenvalue weighted by atomic mass is 10.2. The van der Waals surface area contributed by atoms with Crippen molar-refractivity contribution in [2.75, 3.05) is 0 Å². The molecule has 4 nitrogen and oxygen atoms in total. The standard InChI is InChI=1S/C13H15NO3S/c1-9(5-12-3-2-4-18-12)14-7-11-6-10(8-17-11)13(15)16/h2-4,6,8-9,14H,5,7H2,1H3,(H,15,16). The van der Waals surface area contributed by atoms with Gasteiger partial charge in [-0.25, -0.2) is 4.79 Å². The van der Waals surface area contributed by atoms with Crippen molar-refractivity contribution < 1.29 is 14.3 Å². The first-order valence-corrected chi connectivity index (χ1v) is 6.59. The number of nitrogens with one attached hydrogen (secondary N) is 1. The number of carboxylic acids is 1. The van der Waals surface area contributed by atoms with Gasteiger partial charge in [0.1, 0.15) is 12.0 Å². The molecule has 0 saturated carbocycles. The van der Waals surface area contributed by atoms with Crippen LogP contribution in [0.3, 0.4) is 0 Å². The number of furan rings is 1. The second-order valence-corrected chi connectivity index (χ2v) is 5.20. The minimum atomic E-state index is -0.961. The predicted octanol–water partition coefficient (Wildman–Crippen LogP) is 2.76. The molecule has 2 aromatic rings. The van der Waals surface area contributed by atoms with Crippen LogP contribution in [-0.2, 0) is 13.0 Å². The number of carbonyl (C=O) groups is 1. The molecule has 0 fully saturated rings. The molecule has 96 valence electrons. The van der Waals surface area contributed by atoms with Gasteiger partial charge in [0, 0.05) is 10.9 Å². The SMILES string of the molecule is CC(Cc1cccs1)NCc1cc(C(=O)O)co1. The number of carboxylic acid groups (broad SMARTS) is 1. The third-order valence-electron chi connectivity index (χ3n) is 2.61. The van der Waals surface area contributed by atoms with E-state index in [0.717, 1.165) is 6.42 Å². The van der Waals surface area contributed by atoms with E-state index in [1.165, 1.54) is 11.1 Å². The van der Waals surface area contributed by atoms with E-state index in [-0.39, 0.29) is 5.56 Å². The Morgan fingerprint density at radius 2 is 2.44 bits per heavy atom. The zero-order chi connectivity index (χ0) is 13.0. The molecule has 0 aliphatic carbocycles. The molecule has 1 unspecified atom stereocenters. The van der Waals surface area contributed by atoms with Crippen LogP contribution < -0.4 is 5.32 Å². The Morgan fingerprint density at radius 1 is 1.61 bits per heavy atom. The lowest BCUT2D eigenvalue weighted by Crippen LogP contribution is -2.27. The lowest BCUT2D eigenvalue weighted by Gasteiger charge is -2.11. The molecule has 0 radical (unpaired) electrons. The third kappa shape index (κ3) is 3.45. The average molecular weight is 265 g/mol. The van der Waals surface area contributed by atoms with Gasteiger partial charge >= 0.3 is 5.97 Å². The summed E-state index contributed by atoms with van der Waals surface area (Å²) in [6.07, 6.45) is 2.23. The summed E-state index contributed by atoms with van der Waals surface area (Å²) in [4.78, 5) is 12.0. The molecule has 2 rings (SSSR count). The predicted molar refractivity (Wildman–Crippen MR) is 70.0 cm³/mol. The maximum absolute atomic E-state index is 10.7. The van der Waals surface area contributed by atoms with Crippen molar-refractivity contribution in [3.8, 4) is 0 Å². The number of aromatic carboxylic acids is 1. The minimum absolute atomic E-state index is 0.192. The average Bonchev–Trinajstić information content (AvgIpc) is 2.96. The van der Waals surface area contributed by atoms with Crippen LogP contribution in [0.15, 0.2) is 34.3 Å². The summed E-state index contributed by atoms with van der Waals surface area (Å²) in [5, 5.41) is 14.1. The summed E-state index contributed by atoms with van der Waals surface area (Å²) in [7, 11) is 0. The van der Waals surface area contributed by atoms with E-state index in [2.05, 4.69) is 23.7 Å². The van der Waals surface area contributed by atoms with Gasteiger partial charge in [-0.1, -0.05) is 6.07 Å². The Kier molecular flexibility index (Phi) is 4.17. The fraction of sp³-hybridized carbons (Fsp3) is 0.308. The maximum atomic E-state index is 10.7. The smallest absolute Gasteiger partial charge is 0.338 e. The van der Waals surface area contributed by atoms with Gasteiger partial charge in [0.15, 0.2) is 0 Å². The second-order valence-electron chi connectivity index (χ2n) is 4.17. The summed E-state index contributed by atoms with van der Waals surface area (Å²) >= 11 is 1.74. The van der Waals surface area contributed by atoms with Crippen molar-refractivity contribution in [3.05, 3.63) is 46.0 Å². The molecular weight excluding hydrogens is 250 g/mol. The van der Waals surface area contributed by atoms with Crippen LogP contribution in [-0.4, -0.2) is 17.1 Å². The first kappa shape index (κ1) is 12.9. The Morgan fingerprint density at radius 3 is 3.06 bits per heavy atom. The van der Waals surface area contributed by atoms with Gasteiger partial charge in [0.25, 0.3) is 0 Å². The summed E-state index contributed by atoms with van der Waals surface area (Å²) < 4.78 is 5.17. The van der Waals surface area contributed by atoms with Gasteiger partial charge in [-0.15, -0.1) is 11.3 Å². The molecule has 0 spiro atoms. The first-order valence-electron chi connectivity index (χ1n) is 5.71. The zero-order valence-electron chi connectivity index (χ0n) is 10.1.